The minimum atomic E-state index is -2.83. The third-order valence-corrected chi connectivity index (χ3v) is 6.87. The lowest BCUT2D eigenvalue weighted by Crippen LogP contribution is -2.46. The zero-order valence-electron chi connectivity index (χ0n) is 16.9. The first-order chi connectivity index (χ1) is 14.1. The Morgan fingerprint density at radius 2 is 1.52 bits per heavy atom. The van der Waals surface area contributed by atoms with Gasteiger partial charge in [0.05, 0.1) is 11.5 Å². The van der Waals surface area contributed by atoms with Crippen molar-refractivity contribution in [2.75, 3.05) is 51.3 Å². The van der Waals surface area contributed by atoms with Crippen LogP contribution < -0.4 is 10.6 Å². The maximum absolute atomic E-state index is 11.5. The Morgan fingerprint density at radius 3 is 2.03 bits per heavy atom. The van der Waals surface area contributed by atoms with Gasteiger partial charge in [0, 0.05) is 45.7 Å². The number of nitrogens with zero attached hydrogens (tertiary/aromatic N) is 2. The molecule has 0 aromatic heterocycles. The summed E-state index contributed by atoms with van der Waals surface area (Å²) in [4.78, 5) is 6.51. The van der Waals surface area contributed by atoms with Gasteiger partial charge >= 0.3 is 0 Å². The van der Waals surface area contributed by atoms with Gasteiger partial charge in [-0.05, 0) is 11.1 Å². The normalized spacial score (nSPS) is 17.2. The van der Waals surface area contributed by atoms with Gasteiger partial charge in [0.1, 0.15) is 0 Å². The van der Waals surface area contributed by atoms with Crippen LogP contribution in [0.15, 0.2) is 65.7 Å². The molecule has 7 heteroatoms. The van der Waals surface area contributed by atoms with Crippen molar-refractivity contribution in [1.82, 2.24) is 15.5 Å². The molecule has 156 valence electrons. The zero-order chi connectivity index (χ0) is 20.5. The number of guanidine groups is 1. The molecule has 2 aromatic carbocycles. The molecule has 0 bridgehead atoms. The highest BCUT2D eigenvalue weighted by Crippen LogP contribution is 2.23. The van der Waals surface area contributed by atoms with Crippen molar-refractivity contribution in [2.45, 2.75) is 5.92 Å². The molecule has 1 fully saturated rings. The average molecular weight is 415 g/mol. The molecule has 2 N–H and O–H groups in total. The molecule has 3 rings (SSSR count). The van der Waals surface area contributed by atoms with Crippen LogP contribution in [0.5, 0.6) is 0 Å². The second-order valence-electron chi connectivity index (χ2n) is 7.25. The standard InChI is InChI=1S/C22H30N4O2S/c1-23-22(24-12-13-26-14-16-29(27,28)17-15-26)25-18-21(19-8-4-2-5-9-19)20-10-6-3-7-11-20/h2-11,21H,12-18H2,1H3,(H2,23,24,25). The van der Waals surface area contributed by atoms with Crippen LogP contribution in [0, 0.1) is 0 Å². The SMILES string of the molecule is CN=C(NCCN1CCS(=O)(=O)CC1)NCC(c1ccccc1)c1ccccc1. The molecule has 1 heterocycles. The van der Waals surface area contributed by atoms with Crippen LogP contribution in [0.2, 0.25) is 0 Å². The van der Waals surface area contributed by atoms with E-state index in [1.54, 1.807) is 7.05 Å². The fraction of sp³-hybridized carbons (Fsp3) is 0.409. The fourth-order valence-corrected chi connectivity index (χ4v) is 4.80. The second-order valence-corrected chi connectivity index (χ2v) is 9.55. The second kappa shape index (κ2) is 10.4. The smallest absolute Gasteiger partial charge is 0.191 e. The van der Waals surface area contributed by atoms with E-state index in [0.717, 1.165) is 25.6 Å². The molecule has 0 spiro atoms. The van der Waals surface area contributed by atoms with E-state index in [0.29, 0.717) is 13.1 Å². The summed E-state index contributed by atoms with van der Waals surface area (Å²) in [6.07, 6.45) is 0. The number of nitrogens with one attached hydrogen (secondary N) is 2. The highest BCUT2D eigenvalue weighted by molar-refractivity contribution is 7.91. The van der Waals surface area contributed by atoms with Gasteiger partial charge in [0.25, 0.3) is 0 Å². The van der Waals surface area contributed by atoms with Crippen molar-refractivity contribution in [3.05, 3.63) is 71.8 Å². The summed E-state index contributed by atoms with van der Waals surface area (Å²) in [5.74, 6) is 1.50. The quantitative estimate of drug-likeness (QED) is 0.533. The van der Waals surface area contributed by atoms with Gasteiger partial charge in [-0.3, -0.25) is 9.89 Å². The molecule has 1 aliphatic rings. The molecular weight excluding hydrogens is 384 g/mol. The van der Waals surface area contributed by atoms with Crippen molar-refractivity contribution < 1.29 is 8.42 Å². The molecule has 6 nitrogen and oxygen atoms in total. The van der Waals surface area contributed by atoms with E-state index in [1.807, 2.05) is 12.1 Å². The number of rotatable bonds is 7. The first kappa shape index (κ1) is 21.3. The molecule has 0 atom stereocenters. The predicted octanol–water partition coefficient (Wildman–Crippen LogP) is 1.71. The van der Waals surface area contributed by atoms with E-state index in [-0.39, 0.29) is 17.4 Å². The average Bonchev–Trinajstić information content (AvgIpc) is 2.75. The van der Waals surface area contributed by atoms with Crippen molar-refractivity contribution >= 4 is 15.8 Å². The molecule has 2 aromatic rings. The Morgan fingerprint density at radius 1 is 0.966 bits per heavy atom. The largest absolute Gasteiger partial charge is 0.355 e. The topological polar surface area (TPSA) is 73.8 Å². The van der Waals surface area contributed by atoms with Crippen LogP contribution in [-0.2, 0) is 9.84 Å². The van der Waals surface area contributed by atoms with E-state index < -0.39 is 9.84 Å². The van der Waals surface area contributed by atoms with E-state index in [2.05, 4.69) is 69.1 Å². The lowest BCUT2D eigenvalue weighted by Gasteiger charge is -2.27. The predicted molar refractivity (Wildman–Crippen MR) is 119 cm³/mol. The molecule has 0 saturated carbocycles. The van der Waals surface area contributed by atoms with Crippen molar-refractivity contribution in [3.8, 4) is 0 Å². The summed E-state index contributed by atoms with van der Waals surface area (Å²) in [5.41, 5.74) is 2.52. The maximum Gasteiger partial charge on any atom is 0.191 e. The van der Waals surface area contributed by atoms with Gasteiger partial charge in [-0.1, -0.05) is 60.7 Å². The van der Waals surface area contributed by atoms with Crippen molar-refractivity contribution in [3.63, 3.8) is 0 Å². The van der Waals surface area contributed by atoms with Crippen LogP contribution in [0.3, 0.4) is 0 Å². The van der Waals surface area contributed by atoms with E-state index in [9.17, 15) is 8.42 Å². The Balaban J connectivity index is 1.53. The first-order valence-electron chi connectivity index (χ1n) is 10.0. The number of hydrogen-bond donors (Lipinski definition) is 2. The van der Waals surface area contributed by atoms with Crippen LogP contribution in [-0.4, -0.2) is 70.6 Å². The fourth-order valence-electron chi connectivity index (χ4n) is 3.52. The molecule has 1 saturated heterocycles. The molecule has 0 radical (unpaired) electrons. The van der Waals surface area contributed by atoms with Crippen molar-refractivity contribution in [1.29, 1.82) is 0 Å². The van der Waals surface area contributed by atoms with E-state index in [1.165, 1.54) is 11.1 Å². The number of benzene rings is 2. The molecule has 0 aliphatic carbocycles. The maximum atomic E-state index is 11.5. The Labute approximate surface area is 174 Å². The van der Waals surface area contributed by atoms with Crippen molar-refractivity contribution in [2.24, 2.45) is 4.99 Å². The lowest BCUT2D eigenvalue weighted by molar-refractivity contribution is 0.299. The molecule has 0 unspecified atom stereocenters. The van der Waals surface area contributed by atoms with Gasteiger partial charge < -0.3 is 10.6 Å². The minimum absolute atomic E-state index is 0.225. The van der Waals surface area contributed by atoms with Gasteiger partial charge in [-0.2, -0.15) is 0 Å². The number of hydrogen-bond acceptors (Lipinski definition) is 4. The number of aliphatic imine (C=N–C) groups is 1. The van der Waals surface area contributed by atoms with Gasteiger partial charge in [-0.25, -0.2) is 8.42 Å². The summed E-state index contributed by atoms with van der Waals surface area (Å²) >= 11 is 0. The Bertz CT molecular complexity index is 832. The third kappa shape index (κ3) is 6.58. The number of sulfone groups is 1. The van der Waals surface area contributed by atoms with Crippen LogP contribution in [0.1, 0.15) is 17.0 Å². The molecule has 1 aliphatic heterocycles. The van der Waals surface area contributed by atoms with Crippen LogP contribution in [0.4, 0.5) is 0 Å². The first-order valence-corrected chi connectivity index (χ1v) is 11.9. The summed E-state index contributed by atoms with van der Waals surface area (Å²) < 4.78 is 23.1. The summed E-state index contributed by atoms with van der Waals surface area (Å²) in [5, 5.41) is 6.79. The molecular formula is C22H30N4O2S. The summed E-state index contributed by atoms with van der Waals surface area (Å²) in [7, 11) is -1.06. The minimum Gasteiger partial charge on any atom is -0.355 e. The highest BCUT2D eigenvalue weighted by Gasteiger charge is 2.21. The highest BCUT2D eigenvalue weighted by atomic mass is 32.2. The monoisotopic (exact) mass is 414 g/mol. The molecule has 29 heavy (non-hydrogen) atoms. The summed E-state index contributed by atoms with van der Waals surface area (Å²) in [6.45, 7) is 3.48. The van der Waals surface area contributed by atoms with Gasteiger partial charge in [-0.15, -0.1) is 0 Å². The van der Waals surface area contributed by atoms with Crippen LogP contribution >= 0.6 is 0 Å². The Hall–Kier alpha value is -2.38. The summed E-state index contributed by atoms with van der Waals surface area (Å²) in [6, 6.07) is 20.9. The third-order valence-electron chi connectivity index (χ3n) is 5.26. The van der Waals surface area contributed by atoms with Crippen LogP contribution in [0.25, 0.3) is 0 Å². The van der Waals surface area contributed by atoms with E-state index >= 15 is 0 Å². The zero-order valence-corrected chi connectivity index (χ0v) is 17.7. The molecule has 0 amide bonds. The Kier molecular flexibility index (Phi) is 7.66. The van der Waals surface area contributed by atoms with Gasteiger partial charge in [0.2, 0.25) is 0 Å². The van der Waals surface area contributed by atoms with Gasteiger partial charge in [0.15, 0.2) is 15.8 Å². The lowest BCUT2D eigenvalue weighted by atomic mass is 9.91. The van der Waals surface area contributed by atoms with E-state index in [4.69, 9.17) is 0 Å².